The Labute approximate surface area is 122 Å². The summed E-state index contributed by atoms with van der Waals surface area (Å²) in [7, 11) is 4.70. The number of amides is 1. The van der Waals surface area contributed by atoms with Crippen LogP contribution in [-0.2, 0) is 11.3 Å². The molecule has 0 spiro atoms. The first kappa shape index (κ1) is 14.8. The average molecular weight is 287 g/mol. The lowest BCUT2D eigenvalue weighted by Crippen LogP contribution is -2.22. The molecule has 0 bridgehead atoms. The largest absolute Gasteiger partial charge is 0.465 e. The maximum absolute atomic E-state index is 11.8. The smallest absolute Gasteiger partial charge is 0.338 e. The fourth-order valence-corrected chi connectivity index (χ4v) is 1.93. The molecule has 0 aliphatic rings. The third-order valence-electron chi connectivity index (χ3n) is 3.02. The van der Waals surface area contributed by atoms with E-state index in [1.807, 2.05) is 12.1 Å². The summed E-state index contributed by atoms with van der Waals surface area (Å²) in [6.07, 6.45) is 1.71. The van der Waals surface area contributed by atoms with Crippen molar-refractivity contribution in [1.82, 2.24) is 14.7 Å². The zero-order valence-electron chi connectivity index (χ0n) is 12.2. The van der Waals surface area contributed by atoms with Crippen molar-refractivity contribution in [3.8, 4) is 0 Å². The Kier molecular flexibility index (Phi) is 4.37. The molecule has 1 heterocycles. The number of rotatable bonds is 4. The van der Waals surface area contributed by atoms with E-state index in [0.29, 0.717) is 17.8 Å². The van der Waals surface area contributed by atoms with Gasteiger partial charge in [-0.05, 0) is 17.7 Å². The van der Waals surface area contributed by atoms with Gasteiger partial charge in [-0.1, -0.05) is 18.2 Å². The lowest BCUT2D eigenvalue weighted by atomic mass is 10.1. The van der Waals surface area contributed by atoms with Crippen molar-refractivity contribution in [3.63, 3.8) is 0 Å². The molecule has 1 aromatic heterocycles. The minimum absolute atomic E-state index is 0.157. The Balaban J connectivity index is 2.23. The van der Waals surface area contributed by atoms with Gasteiger partial charge in [-0.3, -0.25) is 9.48 Å². The molecule has 1 aromatic carbocycles. The van der Waals surface area contributed by atoms with Crippen LogP contribution in [0.2, 0.25) is 0 Å². The first-order valence-corrected chi connectivity index (χ1v) is 6.44. The van der Waals surface area contributed by atoms with Crippen molar-refractivity contribution < 1.29 is 14.3 Å². The molecular weight excluding hydrogens is 270 g/mol. The number of methoxy groups -OCH3 is 1. The lowest BCUT2D eigenvalue weighted by molar-refractivity contribution is 0.0599. The summed E-state index contributed by atoms with van der Waals surface area (Å²) in [6.45, 7) is 0.395. The molecule has 0 aliphatic carbocycles. The van der Waals surface area contributed by atoms with Crippen LogP contribution in [0.15, 0.2) is 36.5 Å². The number of hydrogen-bond donors (Lipinski definition) is 0. The number of ether oxygens (including phenoxy) is 1. The Hall–Kier alpha value is -2.63. The number of carbonyl (C=O) groups is 2. The summed E-state index contributed by atoms with van der Waals surface area (Å²) in [5.74, 6) is -0.544. The van der Waals surface area contributed by atoms with Crippen LogP contribution in [0.3, 0.4) is 0 Å². The topological polar surface area (TPSA) is 64.4 Å². The predicted octanol–water partition coefficient (Wildman–Crippen LogP) is 1.42. The number of benzene rings is 1. The van der Waals surface area contributed by atoms with Crippen molar-refractivity contribution in [1.29, 1.82) is 0 Å². The van der Waals surface area contributed by atoms with E-state index < -0.39 is 0 Å². The van der Waals surface area contributed by atoms with Crippen LogP contribution in [0.1, 0.15) is 26.4 Å². The molecule has 0 saturated heterocycles. The van der Waals surface area contributed by atoms with Crippen molar-refractivity contribution in [2.24, 2.45) is 0 Å². The number of carbonyl (C=O) groups excluding carboxylic acids is 2. The second-order valence-electron chi connectivity index (χ2n) is 4.75. The monoisotopic (exact) mass is 287 g/mol. The molecule has 2 rings (SSSR count). The second kappa shape index (κ2) is 6.21. The summed E-state index contributed by atoms with van der Waals surface area (Å²) >= 11 is 0. The highest BCUT2D eigenvalue weighted by molar-refractivity contribution is 5.92. The van der Waals surface area contributed by atoms with E-state index in [2.05, 4.69) is 5.10 Å². The van der Waals surface area contributed by atoms with Crippen LogP contribution in [-0.4, -0.2) is 47.8 Å². The van der Waals surface area contributed by atoms with Crippen molar-refractivity contribution in [3.05, 3.63) is 53.3 Å². The molecule has 21 heavy (non-hydrogen) atoms. The van der Waals surface area contributed by atoms with Crippen LogP contribution in [0.4, 0.5) is 0 Å². The highest BCUT2D eigenvalue weighted by Gasteiger charge is 2.14. The van der Waals surface area contributed by atoms with E-state index in [1.54, 1.807) is 43.2 Å². The van der Waals surface area contributed by atoms with Crippen molar-refractivity contribution in [2.75, 3.05) is 21.2 Å². The molecular formula is C15H17N3O3. The van der Waals surface area contributed by atoms with Gasteiger partial charge in [-0.15, -0.1) is 0 Å². The fourth-order valence-electron chi connectivity index (χ4n) is 1.93. The van der Waals surface area contributed by atoms with Crippen LogP contribution in [0, 0.1) is 0 Å². The highest BCUT2D eigenvalue weighted by Crippen LogP contribution is 2.12. The number of aromatic nitrogens is 2. The standard InChI is InChI=1S/C15H17N3O3/c1-17(2)14(19)13-8-9-18(16-13)10-11-6-4-5-7-12(11)15(20)21-3/h4-9H,10H2,1-3H3. The SMILES string of the molecule is COC(=O)c1ccccc1Cn1ccc(C(=O)N(C)C)n1. The van der Waals surface area contributed by atoms with Crippen LogP contribution >= 0.6 is 0 Å². The molecule has 110 valence electrons. The first-order chi connectivity index (χ1) is 10.0. The van der Waals surface area contributed by atoms with Gasteiger partial charge < -0.3 is 9.64 Å². The molecule has 0 fully saturated rings. The minimum atomic E-state index is -0.387. The highest BCUT2D eigenvalue weighted by atomic mass is 16.5. The summed E-state index contributed by atoms with van der Waals surface area (Å²) in [5, 5.41) is 4.23. The zero-order chi connectivity index (χ0) is 15.4. The average Bonchev–Trinajstić information content (AvgIpc) is 2.94. The summed E-state index contributed by atoms with van der Waals surface area (Å²) in [6, 6.07) is 8.82. The summed E-state index contributed by atoms with van der Waals surface area (Å²) in [4.78, 5) is 25.0. The Morgan fingerprint density at radius 3 is 2.62 bits per heavy atom. The van der Waals surface area contributed by atoms with E-state index >= 15 is 0 Å². The maximum atomic E-state index is 11.8. The van der Waals surface area contributed by atoms with E-state index in [1.165, 1.54) is 12.0 Å². The van der Waals surface area contributed by atoms with Gasteiger partial charge in [0.25, 0.3) is 5.91 Å². The van der Waals surface area contributed by atoms with Crippen molar-refractivity contribution in [2.45, 2.75) is 6.54 Å². The Morgan fingerprint density at radius 1 is 1.24 bits per heavy atom. The lowest BCUT2D eigenvalue weighted by Gasteiger charge is -2.08. The number of nitrogens with zero attached hydrogens (tertiary/aromatic N) is 3. The first-order valence-electron chi connectivity index (χ1n) is 6.44. The molecule has 6 heteroatoms. The Morgan fingerprint density at radius 2 is 1.95 bits per heavy atom. The van der Waals surface area contributed by atoms with Gasteiger partial charge >= 0.3 is 5.97 Å². The summed E-state index contributed by atoms with van der Waals surface area (Å²) < 4.78 is 6.38. The molecule has 0 saturated carbocycles. The minimum Gasteiger partial charge on any atom is -0.465 e. The van der Waals surface area contributed by atoms with Crippen LogP contribution in [0.25, 0.3) is 0 Å². The third-order valence-corrected chi connectivity index (χ3v) is 3.02. The fraction of sp³-hybridized carbons (Fsp3) is 0.267. The molecule has 0 N–H and O–H groups in total. The summed E-state index contributed by atoms with van der Waals surface area (Å²) in [5.41, 5.74) is 1.66. The molecule has 0 aliphatic heterocycles. The molecule has 1 amide bonds. The molecule has 2 aromatic rings. The quantitative estimate of drug-likeness (QED) is 0.798. The van der Waals surface area contributed by atoms with Gasteiger partial charge in [0.2, 0.25) is 0 Å². The molecule has 0 radical (unpaired) electrons. The van der Waals surface area contributed by atoms with Crippen molar-refractivity contribution >= 4 is 11.9 Å². The molecule has 6 nitrogen and oxygen atoms in total. The van der Waals surface area contributed by atoms with Gasteiger partial charge in [0.1, 0.15) is 5.69 Å². The number of esters is 1. The maximum Gasteiger partial charge on any atom is 0.338 e. The van der Waals surface area contributed by atoms with Gasteiger partial charge in [-0.2, -0.15) is 5.10 Å². The van der Waals surface area contributed by atoms with E-state index in [4.69, 9.17) is 4.74 Å². The van der Waals surface area contributed by atoms with Crippen LogP contribution in [0.5, 0.6) is 0 Å². The van der Waals surface area contributed by atoms with Gasteiger partial charge in [0, 0.05) is 20.3 Å². The molecule has 0 unspecified atom stereocenters. The third kappa shape index (κ3) is 3.28. The van der Waals surface area contributed by atoms with Gasteiger partial charge in [-0.25, -0.2) is 4.79 Å². The molecule has 0 atom stereocenters. The number of hydrogen-bond acceptors (Lipinski definition) is 4. The second-order valence-corrected chi connectivity index (χ2v) is 4.75. The zero-order valence-corrected chi connectivity index (χ0v) is 12.2. The normalized spacial score (nSPS) is 10.2. The van der Waals surface area contributed by atoms with Gasteiger partial charge in [0.05, 0.1) is 19.2 Å². The van der Waals surface area contributed by atoms with E-state index in [9.17, 15) is 9.59 Å². The predicted molar refractivity (Wildman–Crippen MR) is 77.1 cm³/mol. The Bertz CT molecular complexity index is 662. The van der Waals surface area contributed by atoms with Gasteiger partial charge in [0.15, 0.2) is 0 Å². The van der Waals surface area contributed by atoms with E-state index in [-0.39, 0.29) is 11.9 Å². The van der Waals surface area contributed by atoms with Crippen LogP contribution < -0.4 is 0 Å². The van der Waals surface area contributed by atoms with E-state index in [0.717, 1.165) is 5.56 Å².